The predicted octanol–water partition coefficient (Wildman–Crippen LogP) is 13.5. The average Bonchev–Trinajstić information content (AvgIpc) is 4.00. The molecular formula is C62H79FN2O10. The predicted molar refractivity (Wildman–Crippen MR) is 288 cm³/mol. The monoisotopic (exact) mass is 1030 g/mol. The van der Waals surface area contributed by atoms with Crippen molar-refractivity contribution in [3.05, 3.63) is 143 Å². The number of amides is 1. The highest BCUT2D eigenvalue weighted by Gasteiger charge is 2.66. The molecule has 2 aliphatic heterocycles. The van der Waals surface area contributed by atoms with Crippen molar-refractivity contribution in [2.45, 2.75) is 154 Å². The zero-order valence-corrected chi connectivity index (χ0v) is 44.0. The molecule has 1 amide bonds. The molecule has 2 N–H and O–H groups in total. The molecule has 0 bridgehead atoms. The number of aliphatic hydroxyl groups excluding tert-OH is 2. The van der Waals surface area contributed by atoms with Gasteiger partial charge in [0.1, 0.15) is 36.6 Å². The molecule has 75 heavy (non-hydrogen) atoms. The molecule has 4 aliphatic rings. The molecule has 8 rings (SSSR count). The average molecular weight is 1030 g/mol. The molecule has 0 spiro atoms. The Morgan fingerprint density at radius 3 is 2.28 bits per heavy atom. The van der Waals surface area contributed by atoms with E-state index in [-0.39, 0.29) is 83.0 Å². The van der Waals surface area contributed by atoms with E-state index in [4.69, 9.17) is 38.4 Å². The van der Waals surface area contributed by atoms with Crippen molar-refractivity contribution in [3.63, 3.8) is 0 Å². The zero-order chi connectivity index (χ0) is 52.2. The fourth-order valence-electron chi connectivity index (χ4n) is 11.6. The first kappa shape index (κ1) is 55.3. The Hall–Kier alpha value is -5.89. The normalized spacial score (nSPS) is 21.6. The number of allylic oxidation sites excluding steroid dienone is 1. The summed E-state index contributed by atoms with van der Waals surface area (Å²) in [5, 5.41) is 25.2. The Balaban J connectivity index is 1.23. The van der Waals surface area contributed by atoms with E-state index in [1.165, 1.54) is 44.6 Å². The van der Waals surface area contributed by atoms with E-state index in [0.29, 0.717) is 47.1 Å². The second-order valence-corrected chi connectivity index (χ2v) is 20.5. The van der Waals surface area contributed by atoms with Crippen molar-refractivity contribution in [2.24, 2.45) is 22.9 Å². The third kappa shape index (κ3) is 14.1. The van der Waals surface area contributed by atoms with Crippen LogP contribution in [0.25, 0.3) is 0 Å². The fourth-order valence-corrected chi connectivity index (χ4v) is 11.6. The van der Waals surface area contributed by atoms with Crippen LogP contribution in [0.5, 0.6) is 23.0 Å². The lowest BCUT2D eigenvalue weighted by atomic mass is 9.55. The Bertz CT molecular complexity index is 2500. The van der Waals surface area contributed by atoms with Crippen LogP contribution >= 0.6 is 0 Å². The third-order valence-electron chi connectivity index (χ3n) is 15.4. The maximum Gasteiger partial charge on any atom is 0.410 e. The number of rotatable bonds is 31. The summed E-state index contributed by atoms with van der Waals surface area (Å²) in [7, 11) is 0. The van der Waals surface area contributed by atoms with Gasteiger partial charge in [-0.15, -0.1) is 6.58 Å². The van der Waals surface area contributed by atoms with Gasteiger partial charge in [0.15, 0.2) is 11.5 Å². The summed E-state index contributed by atoms with van der Waals surface area (Å²) in [4.78, 5) is 23.4. The molecule has 2 aliphatic carbocycles. The quantitative estimate of drug-likeness (QED) is 0.0285. The van der Waals surface area contributed by atoms with Crippen molar-refractivity contribution in [2.75, 3.05) is 33.2 Å². The number of halogens is 1. The molecule has 6 unspecified atom stereocenters. The van der Waals surface area contributed by atoms with E-state index in [1.54, 1.807) is 29.2 Å². The highest BCUT2D eigenvalue weighted by molar-refractivity contribution is 6.03. The van der Waals surface area contributed by atoms with Gasteiger partial charge in [-0.05, 0) is 97.0 Å². The summed E-state index contributed by atoms with van der Waals surface area (Å²) < 4.78 is 54.0. The molecule has 404 valence electrons. The Labute approximate surface area is 443 Å². The van der Waals surface area contributed by atoms with Crippen LogP contribution in [0.2, 0.25) is 0 Å². The number of carbonyl (C=O) groups excluding carboxylic acids is 1. The lowest BCUT2D eigenvalue weighted by Crippen LogP contribution is -2.70. The highest BCUT2D eigenvalue weighted by atomic mass is 19.1. The van der Waals surface area contributed by atoms with Gasteiger partial charge in [0, 0.05) is 43.2 Å². The van der Waals surface area contributed by atoms with Gasteiger partial charge in [-0.3, -0.25) is 4.90 Å². The molecule has 13 heteroatoms. The summed E-state index contributed by atoms with van der Waals surface area (Å²) in [5.74, 6) is -0.381. The van der Waals surface area contributed by atoms with Crippen LogP contribution in [0.15, 0.2) is 120 Å². The van der Waals surface area contributed by atoms with E-state index in [9.17, 15) is 14.6 Å². The number of oxime groups is 1. The standard InChI is InChI=1S/C62H79FN2O10/c1-3-5-6-7-8-9-10-11-12-22-36-69-61(68)65(41-46-29-31-56-57(37-46)72-44-71-56)58-40-54(64-74-42-45-23-14-13-15-24-45)51-38-47(25-18-20-33-66)50(27-19-21-34-67)59-52-39-49(70-43-48-26-16-17-28-53(48)63)30-32-55(52)75-62(58,60(51)59)73-35-4-2/h4,13-17,23-24,26,28-32,37-39,47,50,58-60,66-67H,2-3,5-12,18-22,25,27,33-36,40-44H2,1H3. The summed E-state index contributed by atoms with van der Waals surface area (Å²) in [6, 6.07) is 27.1. The second-order valence-electron chi connectivity index (χ2n) is 20.5. The molecule has 12 nitrogen and oxygen atoms in total. The molecule has 6 atom stereocenters. The zero-order valence-electron chi connectivity index (χ0n) is 44.0. The fraction of sp³-hybridized carbons (Fsp3) is 0.516. The van der Waals surface area contributed by atoms with Crippen molar-refractivity contribution < 1.29 is 52.7 Å². The lowest BCUT2D eigenvalue weighted by molar-refractivity contribution is -0.256. The van der Waals surface area contributed by atoms with Crippen molar-refractivity contribution >= 4 is 11.8 Å². The number of carbonyl (C=O) groups is 1. The molecule has 0 saturated heterocycles. The third-order valence-corrected chi connectivity index (χ3v) is 15.4. The molecule has 1 fully saturated rings. The Kier molecular flexibility index (Phi) is 20.9. The van der Waals surface area contributed by atoms with Gasteiger partial charge < -0.3 is 43.5 Å². The van der Waals surface area contributed by atoms with Gasteiger partial charge in [-0.2, -0.15) is 0 Å². The number of hydrogen-bond donors (Lipinski definition) is 2. The first-order valence-corrected chi connectivity index (χ1v) is 27.8. The minimum atomic E-state index is -1.52. The molecule has 0 aromatic heterocycles. The van der Waals surface area contributed by atoms with Gasteiger partial charge in [-0.1, -0.05) is 149 Å². The minimum absolute atomic E-state index is 0.0176. The molecule has 0 radical (unpaired) electrons. The first-order valence-electron chi connectivity index (χ1n) is 27.8. The summed E-state index contributed by atoms with van der Waals surface area (Å²) >= 11 is 0. The molecule has 4 aromatic carbocycles. The number of hydrogen-bond acceptors (Lipinski definition) is 11. The number of nitrogens with zero attached hydrogens (tertiary/aromatic N) is 2. The number of benzene rings is 4. The molecule has 4 aromatic rings. The first-order chi connectivity index (χ1) is 36.9. The number of ether oxygens (including phenoxy) is 6. The Morgan fingerprint density at radius 2 is 1.52 bits per heavy atom. The topological polar surface area (TPSA) is 138 Å². The minimum Gasteiger partial charge on any atom is -0.489 e. The van der Waals surface area contributed by atoms with Gasteiger partial charge >= 0.3 is 6.09 Å². The van der Waals surface area contributed by atoms with E-state index < -0.39 is 23.8 Å². The SMILES string of the molecule is C=CCOC12Oc3ccc(OCc4ccccc4F)cc3C3C(CCCCO)C(CCCCO)C=C(C(=NOCc4ccccc4)CC1N(Cc1ccc4c(c1)OCO4)C(=O)OCCCCCCCCCCCC)C32. The molecule has 1 saturated carbocycles. The van der Waals surface area contributed by atoms with Gasteiger partial charge in [0.25, 0.3) is 0 Å². The maximum absolute atomic E-state index is 15.3. The molecule has 2 heterocycles. The van der Waals surface area contributed by atoms with E-state index >= 15 is 4.79 Å². The number of fused-ring (bicyclic) bond motifs is 3. The van der Waals surface area contributed by atoms with Crippen LogP contribution in [0.4, 0.5) is 9.18 Å². The molecular weight excluding hydrogens is 952 g/mol. The summed E-state index contributed by atoms with van der Waals surface area (Å²) in [5.41, 5.74) is 4.66. The smallest absolute Gasteiger partial charge is 0.410 e. The summed E-state index contributed by atoms with van der Waals surface area (Å²) in [6.45, 7) is 7.31. The van der Waals surface area contributed by atoms with E-state index in [1.807, 2.05) is 66.7 Å². The maximum atomic E-state index is 15.3. The van der Waals surface area contributed by atoms with Gasteiger partial charge in [-0.25, -0.2) is 9.18 Å². The van der Waals surface area contributed by atoms with Crippen LogP contribution in [-0.4, -0.2) is 72.0 Å². The van der Waals surface area contributed by atoms with Crippen LogP contribution in [-0.2, 0) is 34.1 Å². The van der Waals surface area contributed by atoms with Crippen molar-refractivity contribution in [3.8, 4) is 23.0 Å². The van der Waals surface area contributed by atoms with Crippen molar-refractivity contribution in [1.29, 1.82) is 0 Å². The lowest BCUT2D eigenvalue weighted by Gasteiger charge is -2.59. The van der Waals surface area contributed by atoms with Crippen LogP contribution in [0.3, 0.4) is 0 Å². The van der Waals surface area contributed by atoms with E-state index in [2.05, 4.69) is 19.6 Å². The Morgan fingerprint density at radius 1 is 0.800 bits per heavy atom. The van der Waals surface area contributed by atoms with Crippen LogP contribution in [0.1, 0.15) is 144 Å². The van der Waals surface area contributed by atoms with Crippen LogP contribution in [0, 0.1) is 23.6 Å². The van der Waals surface area contributed by atoms with E-state index in [0.717, 1.165) is 73.6 Å². The number of aliphatic hydroxyl groups is 2. The largest absolute Gasteiger partial charge is 0.489 e. The second kappa shape index (κ2) is 28.3. The highest BCUT2D eigenvalue weighted by Crippen LogP contribution is 2.62. The van der Waals surface area contributed by atoms with Crippen LogP contribution < -0.4 is 18.9 Å². The van der Waals surface area contributed by atoms with Gasteiger partial charge in [0.05, 0.1) is 24.8 Å². The number of unbranched alkanes of at least 4 members (excludes halogenated alkanes) is 11. The van der Waals surface area contributed by atoms with Gasteiger partial charge in [0.2, 0.25) is 12.6 Å². The van der Waals surface area contributed by atoms with Crippen molar-refractivity contribution in [1.82, 2.24) is 4.90 Å². The summed E-state index contributed by atoms with van der Waals surface area (Å²) in [6.07, 6.45) is 19.6.